The molecule has 0 aromatic carbocycles. The van der Waals surface area contributed by atoms with Gasteiger partial charge in [0.25, 0.3) is 0 Å². The zero-order valence-electron chi connectivity index (χ0n) is 15.1. The zero-order valence-corrected chi connectivity index (χ0v) is 15.1. The van der Waals surface area contributed by atoms with E-state index in [-0.39, 0.29) is 11.3 Å². The van der Waals surface area contributed by atoms with Gasteiger partial charge in [0.05, 0.1) is 18.5 Å². The van der Waals surface area contributed by atoms with E-state index in [1.807, 2.05) is 38.0 Å². The van der Waals surface area contributed by atoms with Gasteiger partial charge in [-0.2, -0.15) is 5.10 Å². The summed E-state index contributed by atoms with van der Waals surface area (Å²) in [5, 5.41) is 10.8. The number of aromatic nitrogens is 2. The topological polar surface area (TPSA) is 74.6 Å². The number of rotatable bonds is 7. The minimum Gasteiger partial charge on any atom is -0.357 e. The number of hydrogen-bond donors (Lipinski definition) is 2. The monoisotopic (exact) mass is 334 g/mol. The number of nitrogens with zero attached hydrogens (tertiary/aromatic N) is 4. The van der Waals surface area contributed by atoms with Crippen molar-refractivity contribution in [3.63, 3.8) is 0 Å². The molecular weight excluding hydrogens is 304 g/mol. The normalized spacial score (nSPS) is 16.9. The summed E-state index contributed by atoms with van der Waals surface area (Å²) in [7, 11) is 3.67. The molecule has 1 heterocycles. The number of aliphatic imine (C=N–C) groups is 1. The minimum absolute atomic E-state index is 0.205. The molecule has 7 heteroatoms. The van der Waals surface area contributed by atoms with E-state index in [0.717, 1.165) is 51.3 Å². The number of nitrogens with one attached hydrogen (secondary N) is 2. The van der Waals surface area contributed by atoms with E-state index in [1.54, 1.807) is 11.1 Å². The van der Waals surface area contributed by atoms with Gasteiger partial charge in [0.15, 0.2) is 5.96 Å². The van der Waals surface area contributed by atoms with Crippen molar-refractivity contribution in [2.24, 2.45) is 10.4 Å². The first-order valence-electron chi connectivity index (χ1n) is 8.79. The van der Waals surface area contributed by atoms with E-state index < -0.39 is 0 Å². The van der Waals surface area contributed by atoms with Crippen molar-refractivity contribution in [3.05, 3.63) is 18.5 Å². The molecule has 1 amide bonds. The summed E-state index contributed by atoms with van der Waals surface area (Å²) >= 11 is 0. The second-order valence-electron chi connectivity index (χ2n) is 6.58. The summed E-state index contributed by atoms with van der Waals surface area (Å²) in [5.74, 6) is 0.971. The molecule has 0 unspecified atom stereocenters. The quantitative estimate of drug-likeness (QED) is 0.578. The Balaban J connectivity index is 1.96. The van der Waals surface area contributed by atoms with Crippen molar-refractivity contribution in [2.75, 3.05) is 33.7 Å². The van der Waals surface area contributed by atoms with Crippen molar-refractivity contribution in [2.45, 2.75) is 39.2 Å². The van der Waals surface area contributed by atoms with Crippen LogP contribution in [-0.2, 0) is 11.3 Å². The Labute approximate surface area is 144 Å². The van der Waals surface area contributed by atoms with Crippen LogP contribution in [0.2, 0.25) is 0 Å². The number of carbonyl (C=O) groups excluding carboxylic acids is 1. The van der Waals surface area contributed by atoms with Crippen molar-refractivity contribution >= 4 is 11.9 Å². The molecule has 2 rings (SSSR count). The highest BCUT2D eigenvalue weighted by Crippen LogP contribution is 2.39. The van der Waals surface area contributed by atoms with Gasteiger partial charge in [-0.1, -0.05) is 12.8 Å². The van der Waals surface area contributed by atoms with Crippen LogP contribution in [0.5, 0.6) is 0 Å². The molecule has 1 aliphatic rings. The highest BCUT2D eigenvalue weighted by Gasteiger charge is 2.41. The van der Waals surface area contributed by atoms with E-state index >= 15 is 0 Å². The Bertz CT molecular complexity index is 531. The molecule has 0 saturated heterocycles. The van der Waals surface area contributed by atoms with Gasteiger partial charge in [-0.3, -0.25) is 14.5 Å². The second kappa shape index (κ2) is 8.70. The van der Waals surface area contributed by atoms with Crippen LogP contribution < -0.4 is 10.6 Å². The third-order valence-electron chi connectivity index (χ3n) is 4.50. The Morgan fingerprint density at radius 2 is 2.08 bits per heavy atom. The van der Waals surface area contributed by atoms with Crippen LogP contribution in [-0.4, -0.2) is 60.3 Å². The fourth-order valence-corrected chi connectivity index (χ4v) is 3.26. The molecule has 0 spiro atoms. The maximum Gasteiger partial charge on any atom is 0.230 e. The van der Waals surface area contributed by atoms with Crippen molar-refractivity contribution < 1.29 is 4.79 Å². The molecule has 7 nitrogen and oxygen atoms in total. The number of carbonyl (C=O) groups is 1. The molecule has 24 heavy (non-hydrogen) atoms. The largest absolute Gasteiger partial charge is 0.357 e. The molecule has 134 valence electrons. The van der Waals surface area contributed by atoms with Crippen LogP contribution in [0, 0.1) is 5.41 Å². The van der Waals surface area contributed by atoms with Gasteiger partial charge in [0.2, 0.25) is 5.91 Å². The van der Waals surface area contributed by atoms with E-state index in [2.05, 4.69) is 15.7 Å². The molecule has 1 aliphatic carbocycles. The van der Waals surface area contributed by atoms with Crippen LogP contribution in [0.15, 0.2) is 23.5 Å². The summed E-state index contributed by atoms with van der Waals surface area (Å²) in [4.78, 5) is 19.0. The molecule has 0 bridgehead atoms. The van der Waals surface area contributed by atoms with Gasteiger partial charge < -0.3 is 15.5 Å². The fourth-order valence-electron chi connectivity index (χ4n) is 3.26. The first-order valence-corrected chi connectivity index (χ1v) is 8.79. The smallest absolute Gasteiger partial charge is 0.230 e. The second-order valence-corrected chi connectivity index (χ2v) is 6.58. The van der Waals surface area contributed by atoms with Gasteiger partial charge in [-0.25, -0.2) is 0 Å². The lowest BCUT2D eigenvalue weighted by Gasteiger charge is -2.29. The van der Waals surface area contributed by atoms with Gasteiger partial charge in [0.1, 0.15) is 0 Å². The average Bonchev–Trinajstić information content (AvgIpc) is 3.24. The Morgan fingerprint density at radius 1 is 1.33 bits per heavy atom. The first-order chi connectivity index (χ1) is 11.6. The predicted octanol–water partition coefficient (Wildman–Crippen LogP) is 1.09. The summed E-state index contributed by atoms with van der Waals surface area (Å²) < 4.78 is 1.88. The third-order valence-corrected chi connectivity index (χ3v) is 4.50. The Morgan fingerprint density at radius 3 is 2.67 bits per heavy atom. The molecule has 0 atom stereocenters. The van der Waals surface area contributed by atoms with E-state index in [0.29, 0.717) is 6.54 Å². The lowest BCUT2D eigenvalue weighted by molar-refractivity contribution is -0.138. The van der Waals surface area contributed by atoms with Crippen LogP contribution >= 0.6 is 0 Å². The molecule has 0 aliphatic heterocycles. The molecular formula is C17H30N6O. The zero-order chi connectivity index (χ0) is 17.4. The molecule has 1 aromatic rings. The summed E-state index contributed by atoms with van der Waals surface area (Å²) in [6.07, 6.45) is 7.79. The van der Waals surface area contributed by atoms with Crippen LogP contribution in [0.4, 0.5) is 0 Å². The highest BCUT2D eigenvalue weighted by molar-refractivity contribution is 5.84. The Hall–Kier alpha value is -2.05. The van der Waals surface area contributed by atoms with Gasteiger partial charge in [-0.05, 0) is 25.8 Å². The number of hydrogen-bond acceptors (Lipinski definition) is 3. The Kier molecular flexibility index (Phi) is 6.63. The molecule has 1 saturated carbocycles. The average molecular weight is 334 g/mol. The predicted molar refractivity (Wildman–Crippen MR) is 95.8 cm³/mol. The van der Waals surface area contributed by atoms with Crippen LogP contribution in [0.3, 0.4) is 0 Å². The number of amides is 1. The van der Waals surface area contributed by atoms with Crippen molar-refractivity contribution in [1.29, 1.82) is 0 Å². The summed E-state index contributed by atoms with van der Waals surface area (Å²) in [5.41, 5.74) is -0.326. The summed E-state index contributed by atoms with van der Waals surface area (Å²) in [6, 6.07) is 1.91. The maximum absolute atomic E-state index is 12.6. The lowest BCUT2D eigenvalue weighted by Crippen LogP contribution is -2.43. The minimum atomic E-state index is -0.326. The fraction of sp³-hybridized carbons (Fsp3) is 0.706. The molecule has 0 radical (unpaired) electrons. The third kappa shape index (κ3) is 4.72. The van der Waals surface area contributed by atoms with Gasteiger partial charge >= 0.3 is 0 Å². The molecule has 1 fully saturated rings. The number of guanidine groups is 1. The first kappa shape index (κ1) is 18.3. The maximum atomic E-state index is 12.6. The standard InChI is InChI=1S/C17H30N6O/c1-4-18-16(19-11-13-23-12-7-10-21-23)20-14-17(8-5-6-9-17)15(24)22(2)3/h7,10,12H,4-6,8-9,11,13-14H2,1-3H3,(H2,18,19,20). The van der Waals surface area contributed by atoms with E-state index in [9.17, 15) is 4.79 Å². The molecule has 1 aromatic heterocycles. The van der Waals surface area contributed by atoms with Gasteiger partial charge in [-0.15, -0.1) is 0 Å². The van der Waals surface area contributed by atoms with Crippen LogP contribution in [0.1, 0.15) is 32.6 Å². The lowest BCUT2D eigenvalue weighted by atomic mass is 9.85. The van der Waals surface area contributed by atoms with Crippen molar-refractivity contribution in [1.82, 2.24) is 25.3 Å². The highest BCUT2D eigenvalue weighted by atomic mass is 16.2. The van der Waals surface area contributed by atoms with Gasteiger partial charge in [0, 0.05) is 39.6 Å². The van der Waals surface area contributed by atoms with E-state index in [1.165, 1.54) is 0 Å². The van der Waals surface area contributed by atoms with E-state index in [4.69, 9.17) is 4.99 Å². The van der Waals surface area contributed by atoms with Crippen molar-refractivity contribution in [3.8, 4) is 0 Å². The SMILES string of the molecule is CCNC(=NCC1(C(=O)N(C)C)CCCC1)NCCn1cccn1. The van der Waals surface area contributed by atoms with Crippen LogP contribution in [0.25, 0.3) is 0 Å². The summed E-state index contributed by atoms with van der Waals surface area (Å²) in [6.45, 7) is 4.89. The molecule has 2 N–H and O–H groups in total.